The van der Waals surface area contributed by atoms with Crippen molar-refractivity contribution in [3.63, 3.8) is 0 Å². The van der Waals surface area contributed by atoms with Gasteiger partial charge in [0.1, 0.15) is 13.2 Å². The molecule has 2 unspecified atom stereocenters. The van der Waals surface area contributed by atoms with Crippen LogP contribution in [-0.4, -0.2) is 87.4 Å². The van der Waals surface area contributed by atoms with Gasteiger partial charge in [-0.25, -0.2) is 4.79 Å². The van der Waals surface area contributed by atoms with Crippen LogP contribution < -0.4 is 0 Å². The predicted molar refractivity (Wildman–Crippen MR) is 429 cm³/mol. The van der Waals surface area contributed by atoms with E-state index in [4.69, 9.17) is 18.9 Å². The first-order chi connectivity index (χ1) is 48.6. The highest BCUT2D eigenvalue weighted by atomic mass is 16.7. The third kappa shape index (κ3) is 81.9. The molecular formula is C90H166NO8+. The Morgan fingerprint density at radius 1 is 0.313 bits per heavy atom. The molecule has 9 heteroatoms. The number of carboxylic acid groups (broad SMARTS) is 1. The van der Waals surface area contributed by atoms with E-state index in [1.165, 1.54) is 321 Å². The van der Waals surface area contributed by atoms with Gasteiger partial charge in [-0.05, 0) is 64.2 Å². The van der Waals surface area contributed by atoms with Crippen molar-refractivity contribution in [3.8, 4) is 0 Å². The van der Waals surface area contributed by atoms with E-state index in [0.717, 1.165) is 77.0 Å². The Labute approximate surface area is 615 Å². The lowest BCUT2D eigenvalue weighted by atomic mass is 10.0. The highest BCUT2D eigenvalue weighted by Crippen LogP contribution is 2.20. The van der Waals surface area contributed by atoms with E-state index < -0.39 is 18.4 Å². The van der Waals surface area contributed by atoms with Crippen LogP contribution in [-0.2, 0) is 33.3 Å². The average molecular weight is 1390 g/mol. The molecule has 0 saturated carbocycles. The van der Waals surface area contributed by atoms with Crippen molar-refractivity contribution < 1.29 is 42.9 Å². The molecule has 578 valence electrons. The number of ether oxygens (including phenoxy) is 4. The maximum atomic E-state index is 13.0. The van der Waals surface area contributed by atoms with Gasteiger partial charge < -0.3 is 28.5 Å². The van der Waals surface area contributed by atoms with Crippen LogP contribution in [0.2, 0.25) is 0 Å². The Morgan fingerprint density at radius 2 is 0.576 bits per heavy atom. The number of carbonyl (C=O) groups excluding carboxylic acids is 2. The summed E-state index contributed by atoms with van der Waals surface area (Å²) in [6, 6.07) is 0. The summed E-state index contributed by atoms with van der Waals surface area (Å²) in [4.78, 5) is 37.8. The molecule has 0 aliphatic heterocycles. The fraction of sp³-hybridized carbons (Fsp3) is 0.833. The monoisotopic (exact) mass is 1390 g/mol. The number of likely N-dealkylation sites (N-methyl/N-ethyl adjacent to an activating group) is 1. The largest absolute Gasteiger partial charge is 0.477 e. The van der Waals surface area contributed by atoms with Crippen LogP contribution in [0.4, 0.5) is 0 Å². The van der Waals surface area contributed by atoms with E-state index in [1.54, 1.807) is 0 Å². The minimum absolute atomic E-state index is 0.177. The summed E-state index contributed by atoms with van der Waals surface area (Å²) in [6.07, 6.45) is 107. The number of allylic oxidation sites excluding steroid dienone is 12. The van der Waals surface area contributed by atoms with Crippen LogP contribution in [0.15, 0.2) is 72.9 Å². The molecule has 0 radical (unpaired) electrons. The van der Waals surface area contributed by atoms with Gasteiger partial charge in [0.05, 0.1) is 34.4 Å². The zero-order valence-corrected chi connectivity index (χ0v) is 66.4. The molecule has 1 N–H and O–H groups in total. The van der Waals surface area contributed by atoms with Gasteiger partial charge in [0.2, 0.25) is 0 Å². The first-order valence-corrected chi connectivity index (χ1v) is 43.1. The van der Waals surface area contributed by atoms with Crippen molar-refractivity contribution in [1.29, 1.82) is 0 Å². The first-order valence-electron chi connectivity index (χ1n) is 43.1. The highest BCUT2D eigenvalue weighted by Gasteiger charge is 2.25. The predicted octanol–water partition coefficient (Wildman–Crippen LogP) is 27.9. The molecule has 0 aromatic rings. The smallest absolute Gasteiger partial charge is 0.361 e. The van der Waals surface area contributed by atoms with Gasteiger partial charge in [0.15, 0.2) is 6.10 Å². The fourth-order valence-corrected chi connectivity index (χ4v) is 13.0. The average Bonchev–Trinajstić information content (AvgIpc) is 2.19. The number of carbonyl (C=O) groups is 3. The fourth-order valence-electron chi connectivity index (χ4n) is 13.0. The zero-order chi connectivity index (χ0) is 71.8. The van der Waals surface area contributed by atoms with Crippen LogP contribution in [0.1, 0.15) is 425 Å². The SMILES string of the molecule is CC/C=C\C/C=C\C/C=C\C/C=C\C/C=C\C/C=C\CCCCCCCCCCCCCCCCCCCCC(=O)OC(COC(=O)CCCCCCCCCCCCCCCCCCCCCCCCCCCCCCCCCCCCCCC)COC(OCC[N+](C)(C)C)C(=O)O. The number of unbranched alkanes of at least 4 members (excludes halogenated alkanes) is 54. The molecule has 0 saturated heterocycles. The van der Waals surface area contributed by atoms with Crippen molar-refractivity contribution in [2.24, 2.45) is 0 Å². The number of aliphatic carboxylic acids is 1. The van der Waals surface area contributed by atoms with E-state index in [2.05, 4.69) is 86.8 Å². The zero-order valence-electron chi connectivity index (χ0n) is 66.4. The Kier molecular flexibility index (Phi) is 77.8. The number of rotatable bonds is 81. The topological polar surface area (TPSA) is 108 Å². The van der Waals surface area contributed by atoms with Crippen molar-refractivity contribution >= 4 is 17.9 Å². The van der Waals surface area contributed by atoms with Crippen LogP contribution in [0, 0.1) is 0 Å². The molecule has 0 fully saturated rings. The lowest BCUT2D eigenvalue weighted by molar-refractivity contribution is -0.870. The Bertz CT molecular complexity index is 1860. The summed E-state index contributed by atoms with van der Waals surface area (Å²) in [6.45, 7) is 4.84. The third-order valence-electron chi connectivity index (χ3n) is 19.5. The van der Waals surface area contributed by atoms with Gasteiger partial charge in [-0.15, -0.1) is 0 Å². The number of carboxylic acids is 1. The van der Waals surface area contributed by atoms with E-state index >= 15 is 0 Å². The molecule has 0 spiro atoms. The summed E-state index contributed by atoms with van der Waals surface area (Å²) in [7, 11) is 6.00. The Hall–Kier alpha value is -3.27. The van der Waals surface area contributed by atoms with Crippen LogP contribution >= 0.6 is 0 Å². The Morgan fingerprint density at radius 3 is 0.859 bits per heavy atom. The molecule has 99 heavy (non-hydrogen) atoms. The van der Waals surface area contributed by atoms with E-state index in [1.807, 2.05) is 21.1 Å². The molecule has 0 aliphatic rings. The van der Waals surface area contributed by atoms with Crippen LogP contribution in [0.25, 0.3) is 0 Å². The van der Waals surface area contributed by atoms with Crippen molar-refractivity contribution in [2.45, 2.75) is 437 Å². The number of hydrogen-bond donors (Lipinski definition) is 1. The molecule has 0 aliphatic carbocycles. The molecule has 0 rings (SSSR count). The van der Waals surface area contributed by atoms with Gasteiger partial charge in [0.25, 0.3) is 6.29 Å². The normalized spacial score (nSPS) is 12.9. The van der Waals surface area contributed by atoms with E-state index in [-0.39, 0.29) is 38.2 Å². The molecule has 0 amide bonds. The number of nitrogens with zero attached hydrogens (tertiary/aromatic N) is 1. The quantitative estimate of drug-likeness (QED) is 0.0211. The minimum Gasteiger partial charge on any atom is -0.477 e. The summed E-state index contributed by atoms with van der Waals surface area (Å²) in [5, 5.41) is 9.79. The Balaban J connectivity index is 3.94. The standard InChI is InChI=1S/C90H165NO8/c1-6-8-10-12-14-16-18-20-22-24-26-28-30-32-34-36-38-40-42-44-46-48-50-52-54-56-58-60-62-64-66-68-70-72-74-76-78-80-87(92)97-84-86(85-98-90(89(94)95)96-83-82-91(3,4)5)99-88(93)81-79-77-75-73-71-69-67-65-63-61-59-57-55-53-51-49-47-45-43-41-39-37-35-33-31-29-27-25-23-21-19-17-15-13-11-9-7-2/h9,11,15,17,21,23,27,29,33,35,39,41,86,90H,6-8,10,12-14,16,18-20,22,24-26,28,30-32,34,36-38,40,42-85H2,1-5H3/p+1/b11-9-,17-15-,23-21-,29-27-,35-33-,41-39-. The van der Waals surface area contributed by atoms with E-state index in [9.17, 15) is 19.5 Å². The second kappa shape index (κ2) is 80.4. The van der Waals surface area contributed by atoms with Gasteiger partial charge >= 0.3 is 17.9 Å². The van der Waals surface area contributed by atoms with Crippen molar-refractivity contribution in [1.82, 2.24) is 0 Å². The van der Waals surface area contributed by atoms with Crippen molar-refractivity contribution in [2.75, 3.05) is 47.5 Å². The lowest BCUT2D eigenvalue weighted by Crippen LogP contribution is -2.40. The van der Waals surface area contributed by atoms with Gasteiger partial charge in [-0.2, -0.15) is 0 Å². The molecule has 0 aromatic carbocycles. The number of esters is 2. The van der Waals surface area contributed by atoms with Crippen LogP contribution in [0.3, 0.4) is 0 Å². The van der Waals surface area contributed by atoms with Gasteiger partial charge in [-0.3, -0.25) is 9.59 Å². The third-order valence-corrected chi connectivity index (χ3v) is 19.5. The number of quaternary nitrogens is 1. The molecule has 0 aromatic heterocycles. The summed E-state index contributed by atoms with van der Waals surface area (Å²) in [5.74, 6) is -1.97. The molecule has 0 bridgehead atoms. The summed E-state index contributed by atoms with van der Waals surface area (Å²) in [5.41, 5.74) is 0. The van der Waals surface area contributed by atoms with Gasteiger partial charge in [0, 0.05) is 12.8 Å². The first kappa shape index (κ1) is 95.7. The lowest BCUT2D eigenvalue weighted by Gasteiger charge is -2.25. The summed E-state index contributed by atoms with van der Waals surface area (Å²) >= 11 is 0. The summed E-state index contributed by atoms with van der Waals surface area (Å²) < 4.78 is 23.1. The van der Waals surface area contributed by atoms with Gasteiger partial charge in [-0.1, -0.05) is 421 Å². The molecule has 2 atom stereocenters. The van der Waals surface area contributed by atoms with Crippen molar-refractivity contribution in [3.05, 3.63) is 72.9 Å². The molecule has 0 heterocycles. The maximum Gasteiger partial charge on any atom is 0.361 e. The molecule has 9 nitrogen and oxygen atoms in total. The van der Waals surface area contributed by atoms with Crippen LogP contribution in [0.5, 0.6) is 0 Å². The highest BCUT2D eigenvalue weighted by molar-refractivity contribution is 5.71. The maximum absolute atomic E-state index is 13.0. The second-order valence-electron chi connectivity index (χ2n) is 30.5. The minimum atomic E-state index is -1.51. The van der Waals surface area contributed by atoms with E-state index in [0.29, 0.717) is 17.4 Å². The number of hydrogen-bond acceptors (Lipinski definition) is 7. The molecular weight excluding hydrogens is 1220 g/mol. The second-order valence-corrected chi connectivity index (χ2v) is 30.5.